The first kappa shape index (κ1) is 40.5. The van der Waals surface area contributed by atoms with Crippen molar-refractivity contribution in [2.24, 2.45) is 0 Å². The van der Waals surface area contributed by atoms with Crippen molar-refractivity contribution in [3.63, 3.8) is 0 Å². The van der Waals surface area contributed by atoms with Crippen LogP contribution in [0.5, 0.6) is 0 Å². The molecule has 3 unspecified atom stereocenters. The van der Waals surface area contributed by atoms with Crippen LogP contribution in [0.3, 0.4) is 0 Å². The minimum absolute atomic E-state index is 0.0140. The number of quaternary nitrogens is 1. The van der Waals surface area contributed by atoms with Gasteiger partial charge in [0.05, 0.1) is 39.9 Å². The first-order valence-electron chi connectivity index (χ1n) is 16.9. The highest BCUT2D eigenvalue weighted by atomic mass is 31.2. The summed E-state index contributed by atoms with van der Waals surface area (Å²) < 4.78 is 22.9. The minimum atomic E-state index is -4.53. The molecule has 0 radical (unpaired) electrons. The van der Waals surface area contributed by atoms with Crippen molar-refractivity contribution >= 4 is 13.7 Å². The zero-order chi connectivity index (χ0) is 30.8. The zero-order valence-corrected chi connectivity index (χ0v) is 28.4. The molecule has 1 amide bonds. The van der Waals surface area contributed by atoms with E-state index in [1.54, 1.807) is 0 Å². The highest BCUT2D eigenvalue weighted by Gasteiger charge is 2.24. The molecule has 0 aromatic heterocycles. The van der Waals surface area contributed by atoms with E-state index in [0.717, 1.165) is 38.5 Å². The van der Waals surface area contributed by atoms with Crippen LogP contribution >= 0.6 is 7.82 Å². The van der Waals surface area contributed by atoms with Crippen LogP contribution in [0.25, 0.3) is 0 Å². The number of phosphoric ester groups is 1. The fourth-order valence-corrected chi connectivity index (χ4v) is 5.52. The number of amides is 1. The Morgan fingerprint density at radius 3 is 1.66 bits per heavy atom. The molecule has 9 heteroatoms. The van der Waals surface area contributed by atoms with E-state index in [-0.39, 0.29) is 19.1 Å². The number of hydrogen-bond donors (Lipinski definition) is 2. The van der Waals surface area contributed by atoms with E-state index in [2.05, 4.69) is 19.2 Å². The lowest BCUT2D eigenvalue weighted by Crippen LogP contribution is -2.46. The van der Waals surface area contributed by atoms with Crippen LogP contribution in [0, 0.1) is 0 Å². The zero-order valence-electron chi connectivity index (χ0n) is 27.5. The third kappa shape index (κ3) is 28.1. The number of likely N-dealkylation sites (N-methyl/N-ethyl adjacent to an activating group) is 1. The van der Waals surface area contributed by atoms with Gasteiger partial charge in [-0.1, -0.05) is 129 Å². The first-order chi connectivity index (χ1) is 19.5. The lowest BCUT2D eigenvalue weighted by Gasteiger charge is -2.30. The Kier molecular flexibility index (Phi) is 25.6. The van der Waals surface area contributed by atoms with Crippen LogP contribution in [0.4, 0.5) is 0 Å². The minimum Gasteiger partial charge on any atom is -0.756 e. The molecule has 2 N–H and O–H groups in total. The van der Waals surface area contributed by atoms with Crippen LogP contribution < -0.4 is 10.2 Å². The van der Waals surface area contributed by atoms with Crippen LogP contribution in [0.2, 0.25) is 0 Å². The van der Waals surface area contributed by atoms with Gasteiger partial charge in [0.2, 0.25) is 5.91 Å². The number of carbonyl (C=O) groups excluding carboxylic acids is 1. The van der Waals surface area contributed by atoms with Crippen molar-refractivity contribution < 1.29 is 32.9 Å². The lowest BCUT2D eigenvalue weighted by molar-refractivity contribution is -0.870. The number of hydrogen-bond acceptors (Lipinski definition) is 6. The van der Waals surface area contributed by atoms with E-state index >= 15 is 0 Å². The molecule has 0 spiro atoms. The normalized spacial score (nSPS) is 15.0. The molecule has 0 aliphatic carbocycles. The number of aliphatic hydroxyl groups excluding tert-OH is 1. The Labute approximate surface area is 253 Å². The van der Waals surface area contributed by atoms with Crippen LogP contribution in [-0.2, 0) is 18.4 Å². The molecular formula is C32H67N2O6P. The number of nitrogens with zero attached hydrogens (tertiary/aromatic N) is 1. The molecule has 0 saturated heterocycles. The van der Waals surface area contributed by atoms with Crippen molar-refractivity contribution in [3.05, 3.63) is 0 Å². The van der Waals surface area contributed by atoms with Crippen molar-refractivity contribution in [1.82, 2.24) is 5.32 Å². The molecule has 0 aliphatic heterocycles. The van der Waals surface area contributed by atoms with Gasteiger partial charge in [0.15, 0.2) is 0 Å². The summed E-state index contributed by atoms with van der Waals surface area (Å²) in [5.41, 5.74) is 0. The predicted molar refractivity (Wildman–Crippen MR) is 169 cm³/mol. The van der Waals surface area contributed by atoms with E-state index in [1.165, 1.54) is 83.5 Å². The van der Waals surface area contributed by atoms with Gasteiger partial charge in [-0.25, -0.2) is 0 Å². The molecule has 0 aliphatic rings. The van der Waals surface area contributed by atoms with Crippen LogP contribution in [0.1, 0.15) is 149 Å². The molecule has 3 atom stereocenters. The van der Waals surface area contributed by atoms with Crippen molar-refractivity contribution in [2.45, 2.75) is 161 Å². The second-order valence-electron chi connectivity index (χ2n) is 12.9. The standard InChI is InChI=1S/C32H67N2O6P/c1-6-8-10-11-12-13-14-15-16-17-18-19-20-21-22-24-25-31(35)30(33-32(36)26-23-9-7-2)29-40-41(37,38)39-28-27-34(3,4)5/h30-31,35H,6-29H2,1-5H3,(H-,33,36,37,38). The maximum Gasteiger partial charge on any atom is 0.268 e. The monoisotopic (exact) mass is 606 g/mol. The SMILES string of the molecule is CCCCCCCCCCCCCCCCCCC(O)C(COP(=O)([O-])OCC[N+](C)(C)C)NC(=O)CCCCC. The maximum absolute atomic E-state index is 12.4. The van der Waals surface area contributed by atoms with Crippen molar-refractivity contribution in [3.8, 4) is 0 Å². The first-order valence-corrected chi connectivity index (χ1v) is 18.3. The smallest absolute Gasteiger partial charge is 0.268 e. The summed E-state index contributed by atoms with van der Waals surface area (Å²) >= 11 is 0. The van der Waals surface area contributed by atoms with Gasteiger partial charge >= 0.3 is 0 Å². The summed E-state index contributed by atoms with van der Waals surface area (Å²) in [5, 5.41) is 13.6. The fraction of sp³-hybridized carbons (Fsp3) is 0.969. The summed E-state index contributed by atoms with van der Waals surface area (Å²) in [7, 11) is 1.30. The number of nitrogens with one attached hydrogen (secondary N) is 1. The predicted octanol–water partition coefficient (Wildman–Crippen LogP) is 7.27. The Morgan fingerprint density at radius 1 is 0.756 bits per heavy atom. The van der Waals surface area contributed by atoms with E-state index in [1.807, 2.05) is 21.1 Å². The highest BCUT2D eigenvalue weighted by molar-refractivity contribution is 7.45. The van der Waals surface area contributed by atoms with Crippen molar-refractivity contribution in [1.29, 1.82) is 0 Å². The van der Waals surface area contributed by atoms with Gasteiger partial charge in [0, 0.05) is 6.42 Å². The Hall–Kier alpha value is -0.500. The Bertz CT molecular complexity index is 659. The molecule has 246 valence electrons. The maximum atomic E-state index is 12.4. The van der Waals surface area contributed by atoms with Gasteiger partial charge in [0.25, 0.3) is 7.82 Å². The van der Waals surface area contributed by atoms with Gasteiger partial charge in [-0.2, -0.15) is 0 Å². The molecule has 0 saturated carbocycles. The third-order valence-corrected chi connectivity index (χ3v) is 8.56. The molecule has 0 aromatic rings. The summed E-state index contributed by atoms with van der Waals surface area (Å²) in [4.78, 5) is 24.6. The number of carbonyl (C=O) groups is 1. The van der Waals surface area contributed by atoms with Crippen LogP contribution in [-0.4, -0.2) is 68.5 Å². The molecule has 0 heterocycles. The molecular weight excluding hydrogens is 539 g/mol. The van der Waals surface area contributed by atoms with Gasteiger partial charge < -0.3 is 28.8 Å². The summed E-state index contributed by atoms with van der Waals surface area (Å²) in [6, 6.07) is -0.787. The van der Waals surface area contributed by atoms with Gasteiger partial charge in [-0.3, -0.25) is 9.36 Å². The van der Waals surface area contributed by atoms with Gasteiger partial charge in [0.1, 0.15) is 13.2 Å². The number of rotatable bonds is 30. The van der Waals surface area contributed by atoms with E-state index < -0.39 is 20.0 Å². The second-order valence-corrected chi connectivity index (χ2v) is 14.3. The highest BCUT2D eigenvalue weighted by Crippen LogP contribution is 2.38. The average molecular weight is 607 g/mol. The average Bonchev–Trinajstić information content (AvgIpc) is 2.90. The third-order valence-electron chi connectivity index (χ3n) is 7.60. The largest absolute Gasteiger partial charge is 0.756 e. The van der Waals surface area contributed by atoms with E-state index in [0.29, 0.717) is 23.9 Å². The Balaban J connectivity index is 4.22. The number of aliphatic hydroxyl groups is 1. The van der Waals surface area contributed by atoms with Crippen LogP contribution in [0.15, 0.2) is 0 Å². The Morgan fingerprint density at radius 2 is 1.20 bits per heavy atom. The lowest BCUT2D eigenvalue weighted by atomic mass is 10.0. The van der Waals surface area contributed by atoms with Gasteiger partial charge in [-0.15, -0.1) is 0 Å². The molecule has 0 rings (SSSR count). The topological polar surface area (TPSA) is 108 Å². The second kappa shape index (κ2) is 25.9. The number of unbranched alkanes of at least 4 members (excludes halogenated alkanes) is 17. The molecule has 0 bridgehead atoms. The summed E-state index contributed by atoms with van der Waals surface area (Å²) in [6.07, 6.45) is 23.2. The quantitative estimate of drug-likeness (QED) is 0.0506. The molecule has 0 aromatic carbocycles. The van der Waals surface area contributed by atoms with E-state index in [9.17, 15) is 19.4 Å². The van der Waals surface area contributed by atoms with Crippen molar-refractivity contribution in [2.75, 3.05) is 40.9 Å². The summed E-state index contributed by atoms with van der Waals surface area (Å²) in [5.74, 6) is -0.190. The molecule has 8 nitrogen and oxygen atoms in total. The fourth-order valence-electron chi connectivity index (χ4n) is 4.80. The number of phosphoric acid groups is 1. The van der Waals surface area contributed by atoms with Gasteiger partial charge in [-0.05, 0) is 12.8 Å². The van der Waals surface area contributed by atoms with E-state index in [4.69, 9.17) is 9.05 Å². The molecule has 41 heavy (non-hydrogen) atoms. The summed E-state index contributed by atoms with van der Waals surface area (Å²) in [6.45, 7) is 4.53. The molecule has 0 fully saturated rings.